The van der Waals surface area contributed by atoms with E-state index in [0.717, 1.165) is 34.4 Å². The van der Waals surface area contributed by atoms with Gasteiger partial charge in [-0.05, 0) is 18.5 Å². The molecule has 2 rings (SSSR count). The Labute approximate surface area is 132 Å². The molecule has 0 aliphatic rings. The van der Waals surface area contributed by atoms with E-state index < -0.39 is 0 Å². The Bertz CT molecular complexity index is 562. The average Bonchev–Trinajstić information content (AvgIpc) is 3.05. The third-order valence-electron chi connectivity index (χ3n) is 2.95. The van der Waals surface area contributed by atoms with Crippen LogP contribution in [0.15, 0.2) is 5.38 Å². The van der Waals surface area contributed by atoms with Crippen molar-refractivity contribution in [3.63, 3.8) is 0 Å². The maximum Gasteiger partial charge on any atom is 0.149 e. The summed E-state index contributed by atoms with van der Waals surface area (Å²) in [5.74, 6) is 0.532. The number of nitrogens with zero attached hydrogens (tertiary/aromatic N) is 3. The van der Waals surface area contributed by atoms with E-state index in [1.807, 2.05) is 12.3 Å². The SMILES string of the molecule is COCCN(CCOC)c1snc(N)c1-c1nc(C)cs1. The highest BCUT2D eigenvalue weighted by Crippen LogP contribution is 2.40. The number of methoxy groups -OCH3 is 2. The number of anilines is 2. The summed E-state index contributed by atoms with van der Waals surface area (Å²) in [4.78, 5) is 6.72. The van der Waals surface area contributed by atoms with Crippen molar-refractivity contribution in [1.29, 1.82) is 0 Å². The summed E-state index contributed by atoms with van der Waals surface area (Å²) in [6.45, 7) is 4.77. The van der Waals surface area contributed by atoms with Crippen molar-refractivity contribution < 1.29 is 9.47 Å². The Balaban J connectivity index is 2.31. The minimum atomic E-state index is 0.532. The van der Waals surface area contributed by atoms with Gasteiger partial charge in [-0.3, -0.25) is 0 Å². The second kappa shape index (κ2) is 7.69. The number of aryl methyl sites for hydroxylation is 1. The first-order valence-electron chi connectivity index (χ1n) is 6.57. The number of nitrogen functional groups attached to an aromatic ring is 1. The van der Waals surface area contributed by atoms with Gasteiger partial charge < -0.3 is 20.1 Å². The molecule has 0 fully saturated rings. The highest BCUT2D eigenvalue weighted by molar-refractivity contribution is 7.15. The first-order valence-corrected chi connectivity index (χ1v) is 8.23. The van der Waals surface area contributed by atoms with Gasteiger partial charge in [0.15, 0.2) is 0 Å². The van der Waals surface area contributed by atoms with Gasteiger partial charge in [-0.15, -0.1) is 11.3 Å². The lowest BCUT2D eigenvalue weighted by Gasteiger charge is -2.23. The lowest BCUT2D eigenvalue weighted by Crippen LogP contribution is -2.30. The summed E-state index contributed by atoms with van der Waals surface area (Å²) in [6.07, 6.45) is 0. The van der Waals surface area contributed by atoms with Crippen molar-refractivity contribution in [2.24, 2.45) is 0 Å². The van der Waals surface area contributed by atoms with Crippen LogP contribution in [-0.2, 0) is 9.47 Å². The van der Waals surface area contributed by atoms with Crippen LogP contribution in [0.3, 0.4) is 0 Å². The summed E-state index contributed by atoms with van der Waals surface area (Å²) < 4.78 is 14.7. The molecule has 0 amide bonds. The summed E-state index contributed by atoms with van der Waals surface area (Å²) in [5, 5.41) is 3.95. The van der Waals surface area contributed by atoms with Crippen LogP contribution in [0.4, 0.5) is 10.8 Å². The van der Waals surface area contributed by atoms with Crippen LogP contribution in [0.2, 0.25) is 0 Å². The van der Waals surface area contributed by atoms with E-state index in [9.17, 15) is 0 Å². The first kappa shape index (κ1) is 16.2. The van der Waals surface area contributed by atoms with Gasteiger partial charge in [0.1, 0.15) is 15.8 Å². The fraction of sp³-hybridized carbons (Fsp3) is 0.538. The van der Waals surface area contributed by atoms with E-state index in [1.54, 1.807) is 25.6 Å². The number of thiazole rings is 1. The molecule has 0 atom stereocenters. The Morgan fingerprint density at radius 1 is 1.24 bits per heavy atom. The number of aromatic nitrogens is 2. The van der Waals surface area contributed by atoms with Crippen LogP contribution in [0.5, 0.6) is 0 Å². The first-order chi connectivity index (χ1) is 10.2. The molecular formula is C13H20N4O2S2. The monoisotopic (exact) mass is 328 g/mol. The van der Waals surface area contributed by atoms with E-state index >= 15 is 0 Å². The molecule has 2 aromatic heterocycles. The second-order valence-electron chi connectivity index (χ2n) is 4.51. The molecule has 0 aromatic carbocycles. The van der Waals surface area contributed by atoms with Gasteiger partial charge >= 0.3 is 0 Å². The minimum absolute atomic E-state index is 0.532. The number of ether oxygens (including phenoxy) is 2. The molecule has 0 spiro atoms. The van der Waals surface area contributed by atoms with E-state index in [-0.39, 0.29) is 0 Å². The average molecular weight is 328 g/mol. The van der Waals surface area contributed by atoms with Crippen molar-refractivity contribution >= 4 is 33.7 Å². The van der Waals surface area contributed by atoms with Crippen molar-refractivity contribution in [2.75, 3.05) is 51.2 Å². The number of rotatable bonds is 8. The smallest absolute Gasteiger partial charge is 0.149 e. The van der Waals surface area contributed by atoms with Crippen molar-refractivity contribution in [3.05, 3.63) is 11.1 Å². The van der Waals surface area contributed by atoms with Gasteiger partial charge in [0.05, 0.1) is 18.8 Å². The van der Waals surface area contributed by atoms with Crippen LogP contribution >= 0.6 is 22.9 Å². The molecule has 8 heteroatoms. The van der Waals surface area contributed by atoms with Crippen LogP contribution in [0.25, 0.3) is 10.6 Å². The molecule has 2 aromatic rings. The Morgan fingerprint density at radius 3 is 2.43 bits per heavy atom. The fourth-order valence-electron chi connectivity index (χ4n) is 1.90. The highest BCUT2D eigenvalue weighted by atomic mass is 32.1. The molecule has 0 saturated heterocycles. The molecule has 6 nitrogen and oxygen atoms in total. The third kappa shape index (κ3) is 3.91. The molecule has 116 valence electrons. The predicted octanol–water partition coefficient (Wildman–Crippen LogP) is 2.26. The quantitative estimate of drug-likeness (QED) is 0.801. The zero-order valence-corrected chi connectivity index (χ0v) is 14.1. The fourth-order valence-corrected chi connectivity index (χ4v) is 3.68. The molecule has 0 aliphatic heterocycles. The molecule has 0 saturated carbocycles. The van der Waals surface area contributed by atoms with Gasteiger partial charge in [-0.25, -0.2) is 4.98 Å². The zero-order chi connectivity index (χ0) is 15.2. The lowest BCUT2D eigenvalue weighted by molar-refractivity contribution is 0.190. The summed E-state index contributed by atoms with van der Waals surface area (Å²) in [6, 6.07) is 0. The van der Waals surface area contributed by atoms with Gasteiger partial charge in [0.2, 0.25) is 0 Å². The van der Waals surface area contributed by atoms with Crippen molar-refractivity contribution in [3.8, 4) is 10.6 Å². The summed E-state index contributed by atoms with van der Waals surface area (Å²) in [7, 11) is 3.39. The van der Waals surface area contributed by atoms with E-state index in [0.29, 0.717) is 19.0 Å². The number of hydrogen-bond donors (Lipinski definition) is 1. The van der Waals surface area contributed by atoms with Gasteiger partial charge in [0, 0.05) is 38.4 Å². The zero-order valence-electron chi connectivity index (χ0n) is 12.5. The minimum Gasteiger partial charge on any atom is -0.383 e. The van der Waals surface area contributed by atoms with Gasteiger partial charge in [0.25, 0.3) is 0 Å². The van der Waals surface area contributed by atoms with E-state index in [2.05, 4.69) is 14.3 Å². The molecule has 0 unspecified atom stereocenters. The molecule has 2 N–H and O–H groups in total. The van der Waals surface area contributed by atoms with E-state index in [4.69, 9.17) is 15.2 Å². The molecular weight excluding hydrogens is 308 g/mol. The van der Waals surface area contributed by atoms with Crippen LogP contribution in [-0.4, -0.2) is 49.9 Å². The Morgan fingerprint density at radius 2 is 1.90 bits per heavy atom. The molecule has 0 bridgehead atoms. The molecule has 0 aliphatic carbocycles. The lowest BCUT2D eigenvalue weighted by atomic mass is 10.3. The molecule has 2 heterocycles. The molecule has 0 radical (unpaired) electrons. The summed E-state index contributed by atoms with van der Waals surface area (Å²) in [5.41, 5.74) is 7.97. The van der Waals surface area contributed by atoms with Crippen LogP contribution in [0, 0.1) is 6.92 Å². The predicted molar refractivity (Wildman–Crippen MR) is 88.3 cm³/mol. The topological polar surface area (TPSA) is 73.5 Å². The summed E-state index contributed by atoms with van der Waals surface area (Å²) >= 11 is 2.98. The van der Waals surface area contributed by atoms with Crippen LogP contribution in [0.1, 0.15) is 5.69 Å². The van der Waals surface area contributed by atoms with Crippen LogP contribution < -0.4 is 10.6 Å². The number of hydrogen-bond acceptors (Lipinski definition) is 8. The normalized spacial score (nSPS) is 11.0. The maximum absolute atomic E-state index is 6.05. The second-order valence-corrected chi connectivity index (χ2v) is 6.12. The number of nitrogens with two attached hydrogens (primary N) is 1. The van der Waals surface area contributed by atoms with Crippen molar-refractivity contribution in [1.82, 2.24) is 9.36 Å². The van der Waals surface area contributed by atoms with Crippen molar-refractivity contribution in [2.45, 2.75) is 6.92 Å². The Kier molecular flexibility index (Phi) is 5.92. The standard InChI is InChI=1S/C13H20N4O2S2/c1-9-8-20-12(15-9)10-11(14)16-21-13(10)17(4-6-18-2)5-7-19-3/h8H,4-7H2,1-3H3,(H2,14,16). The van der Waals surface area contributed by atoms with Gasteiger partial charge in [-0.1, -0.05) is 0 Å². The molecule has 21 heavy (non-hydrogen) atoms. The maximum atomic E-state index is 6.05. The Hall–Kier alpha value is -1.22. The highest BCUT2D eigenvalue weighted by Gasteiger charge is 2.21. The largest absolute Gasteiger partial charge is 0.383 e. The third-order valence-corrected chi connectivity index (χ3v) is 4.85. The van der Waals surface area contributed by atoms with E-state index in [1.165, 1.54) is 11.5 Å². The van der Waals surface area contributed by atoms with Gasteiger partial charge in [-0.2, -0.15) is 4.37 Å².